The topological polar surface area (TPSA) is 38.5 Å². The Hall–Kier alpha value is -1.34. The molecule has 0 aliphatic rings. The molecule has 1 atom stereocenters. The van der Waals surface area contributed by atoms with Crippen LogP contribution in [0.2, 0.25) is 0 Å². The van der Waals surface area contributed by atoms with Crippen molar-refractivity contribution in [3.05, 3.63) is 34.7 Å². The van der Waals surface area contributed by atoms with Crippen molar-refractivity contribution >= 4 is 9.84 Å². The third kappa shape index (κ3) is 2.57. The molecule has 0 aromatic heterocycles. The summed E-state index contributed by atoms with van der Waals surface area (Å²) in [6.07, 6.45) is 0. The lowest BCUT2D eigenvalue weighted by Gasteiger charge is -2.00. The van der Waals surface area contributed by atoms with Gasteiger partial charge in [0.15, 0.2) is 0 Å². The van der Waals surface area contributed by atoms with E-state index < -0.39 is 15.2 Å². The second-order valence-electron chi connectivity index (χ2n) is 3.31. The van der Waals surface area contributed by atoms with Gasteiger partial charge < -0.3 is 0 Å². The van der Waals surface area contributed by atoms with Crippen LogP contribution in [0.15, 0.2) is 29.2 Å². The third-order valence-electron chi connectivity index (χ3n) is 2.11. The number of rotatable bonds is 2. The SMILES string of the molecule is CC#[N+]C(C)S(=O)(=O)c1ccc(C)cc1. The Labute approximate surface area is 90.5 Å². The summed E-state index contributed by atoms with van der Waals surface area (Å²) in [7, 11) is -3.35. The molecule has 1 aromatic carbocycles. The van der Waals surface area contributed by atoms with Crippen LogP contribution in [-0.2, 0) is 9.84 Å². The van der Waals surface area contributed by atoms with Crippen LogP contribution in [0, 0.1) is 13.0 Å². The zero-order valence-electron chi connectivity index (χ0n) is 9.06. The average Bonchev–Trinajstić information content (AvgIpc) is 2.18. The van der Waals surface area contributed by atoms with Gasteiger partial charge in [0.1, 0.15) is 0 Å². The van der Waals surface area contributed by atoms with E-state index in [1.807, 2.05) is 6.92 Å². The van der Waals surface area contributed by atoms with Gasteiger partial charge in [0.2, 0.25) is 0 Å². The van der Waals surface area contributed by atoms with E-state index >= 15 is 0 Å². The molecule has 1 rings (SSSR count). The molecule has 1 aromatic rings. The maximum atomic E-state index is 11.9. The van der Waals surface area contributed by atoms with Gasteiger partial charge in [-0.3, -0.25) is 0 Å². The first-order valence-electron chi connectivity index (χ1n) is 4.65. The monoisotopic (exact) mass is 224 g/mol. The fourth-order valence-corrected chi connectivity index (χ4v) is 2.33. The zero-order valence-corrected chi connectivity index (χ0v) is 9.88. The van der Waals surface area contributed by atoms with Crippen LogP contribution in [0.3, 0.4) is 0 Å². The summed E-state index contributed by atoms with van der Waals surface area (Å²) in [5.41, 5.74) is 1.03. The highest BCUT2D eigenvalue weighted by atomic mass is 32.2. The lowest BCUT2D eigenvalue weighted by Crippen LogP contribution is -2.13. The highest BCUT2D eigenvalue weighted by molar-refractivity contribution is 7.92. The molecule has 0 bridgehead atoms. The molecular weight excluding hydrogens is 210 g/mol. The van der Waals surface area contributed by atoms with Gasteiger partial charge in [0, 0.05) is 6.92 Å². The first-order chi connectivity index (χ1) is 6.98. The number of hydrogen-bond donors (Lipinski definition) is 0. The molecule has 4 heteroatoms. The Morgan fingerprint density at radius 2 is 1.80 bits per heavy atom. The zero-order chi connectivity index (χ0) is 11.5. The molecule has 0 N–H and O–H groups in total. The van der Waals surface area contributed by atoms with Crippen molar-refractivity contribution in [2.75, 3.05) is 0 Å². The Balaban J connectivity index is 3.15. The average molecular weight is 224 g/mol. The number of aryl methyl sites for hydroxylation is 1. The van der Waals surface area contributed by atoms with Crippen molar-refractivity contribution in [2.24, 2.45) is 0 Å². The third-order valence-corrected chi connectivity index (χ3v) is 4.04. The molecule has 1 unspecified atom stereocenters. The molecule has 0 amide bonds. The Kier molecular flexibility index (Phi) is 3.48. The summed E-state index contributed by atoms with van der Waals surface area (Å²) >= 11 is 0. The van der Waals surface area contributed by atoms with Crippen molar-refractivity contribution in [3.63, 3.8) is 0 Å². The van der Waals surface area contributed by atoms with E-state index in [0.717, 1.165) is 5.56 Å². The highest BCUT2D eigenvalue weighted by Crippen LogP contribution is 2.17. The van der Waals surface area contributed by atoms with Crippen LogP contribution in [0.4, 0.5) is 0 Å². The predicted octanol–water partition coefficient (Wildman–Crippen LogP) is 2.47. The molecule has 15 heavy (non-hydrogen) atoms. The summed E-state index contributed by atoms with van der Waals surface area (Å²) < 4.78 is 23.8. The molecule has 80 valence electrons. The molecule has 0 heterocycles. The van der Waals surface area contributed by atoms with Gasteiger partial charge in [-0.1, -0.05) is 22.5 Å². The van der Waals surface area contributed by atoms with Gasteiger partial charge in [-0.2, -0.15) is 0 Å². The van der Waals surface area contributed by atoms with Crippen LogP contribution in [0.25, 0.3) is 4.85 Å². The van der Waals surface area contributed by atoms with Crippen molar-refractivity contribution < 1.29 is 8.42 Å². The molecule has 0 radical (unpaired) electrons. The minimum absolute atomic E-state index is 0.305. The number of sulfone groups is 1. The smallest absolute Gasteiger partial charge is 0.215 e. The fraction of sp³-hybridized carbons (Fsp3) is 0.364. The molecular formula is C11H14NO2S+. The van der Waals surface area contributed by atoms with Crippen molar-refractivity contribution in [1.82, 2.24) is 0 Å². The van der Waals surface area contributed by atoms with Gasteiger partial charge in [-0.05, 0) is 19.1 Å². The first kappa shape index (κ1) is 11.7. The van der Waals surface area contributed by atoms with E-state index in [1.165, 1.54) is 0 Å². The Morgan fingerprint density at radius 3 is 2.27 bits per heavy atom. The van der Waals surface area contributed by atoms with E-state index in [9.17, 15) is 8.42 Å². The summed E-state index contributed by atoms with van der Waals surface area (Å²) in [5, 5.41) is -0.773. The van der Waals surface area contributed by atoms with Gasteiger partial charge in [0.05, 0.1) is 11.8 Å². The summed E-state index contributed by atoms with van der Waals surface area (Å²) in [6.45, 7) is 5.05. The maximum absolute atomic E-state index is 11.9. The second-order valence-corrected chi connectivity index (χ2v) is 5.55. The molecule has 0 aliphatic carbocycles. The molecule has 0 saturated heterocycles. The van der Waals surface area contributed by atoms with Crippen molar-refractivity contribution in [3.8, 4) is 6.07 Å². The Bertz CT molecular complexity index is 492. The van der Waals surface area contributed by atoms with Crippen molar-refractivity contribution in [2.45, 2.75) is 31.0 Å². The first-order valence-corrected chi connectivity index (χ1v) is 6.20. The summed E-state index contributed by atoms with van der Waals surface area (Å²) in [6, 6.07) is 9.26. The number of hydrogen-bond acceptors (Lipinski definition) is 2. The van der Waals surface area contributed by atoms with E-state index in [-0.39, 0.29) is 0 Å². The summed E-state index contributed by atoms with van der Waals surface area (Å²) in [4.78, 5) is 4.06. The van der Waals surface area contributed by atoms with Gasteiger partial charge in [-0.15, -0.1) is 0 Å². The van der Waals surface area contributed by atoms with Crippen molar-refractivity contribution in [1.29, 1.82) is 0 Å². The fourth-order valence-electron chi connectivity index (χ4n) is 1.18. The standard InChI is InChI=1S/C11H14NO2S/c1-4-12-10(3)15(13,14)11-7-5-9(2)6-8-11/h5-8,10H,1-3H3/q+1. The van der Waals surface area contributed by atoms with Gasteiger partial charge in [-0.25, -0.2) is 8.42 Å². The molecule has 0 spiro atoms. The minimum atomic E-state index is -3.35. The van der Waals surface area contributed by atoms with E-state index in [1.54, 1.807) is 38.1 Å². The van der Waals surface area contributed by atoms with Crippen LogP contribution in [0.1, 0.15) is 19.4 Å². The normalized spacial score (nSPS) is 12.7. The molecule has 0 fully saturated rings. The van der Waals surface area contributed by atoms with E-state index in [2.05, 4.69) is 10.9 Å². The molecule has 0 aliphatic heterocycles. The van der Waals surface area contributed by atoms with Crippen LogP contribution < -0.4 is 0 Å². The number of nitrogens with zero attached hydrogens (tertiary/aromatic N) is 1. The van der Waals surface area contributed by atoms with E-state index in [0.29, 0.717) is 4.90 Å². The van der Waals surface area contributed by atoms with Crippen LogP contribution in [-0.4, -0.2) is 13.8 Å². The van der Waals surface area contributed by atoms with Gasteiger partial charge >= 0.3 is 5.37 Å². The quantitative estimate of drug-likeness (QED) is 0.774. The summed E-state index contributed by atoms with van der Waals surface area (Å²) in [5.74, 6) is 0. The Morgan fingerprint density at radius 1 is 1.27 bits per heavy atom. The lowest BCUT2D eigenvalue weighted by molar-refractivity contribution is 0.591. The second kappa shape index (κ2) is 4.45. The lowest BCUT2D eigenvalue weighted by atomic mass is 10.2. The predicted molar refractivity (Wildman–Crippen MR) is 60.7 cm³/mol. The molecule has 0 saturated carbocycles. The largest absolute Gasteiger partial charge is 0.370 e. The van der Waals surface area contributed by atoms with Crippen LogP contribution >= 0.6 is 0 Å². The van der Waals surface area contributed by atoms with Crippen LogP contribution in [0.5, 0.6) is 0 Å². The molecule has 3 nitrogen and oxygen atoms in total. The highest BCUT2D eigenvalue weighted by Gasteiger charge is 2.30. The maximum Gasteiger partial charge on any atom is 0.370 e. The number of benzene rings is 1. The van der Waals surface area contributed by atoms with Gasteiger partial charge in [0.25, 0.3) is 15.9 Å². The van der Waals surface area contributed by atoms with E-state index in [4.69, 9.17) is 0 Å². The minimum Gasteiger partial charge on any atom is -0.215 e.